The zero-order valence-electron chi connectivity index (χ0n) is 11.2. The number of amides is 1. The largest absolute Gasteiger partial charge is 0.361 e. The van der Waals surface area contributed by atoms with Gasteiger partial charge < -0.3 is 10.6 Å². The summed E-state index contributed by atoms with van der Waals surface area (Å²) >= 11 is 0. The summed E-state index contributed by atoms with van der Waals surface area (Å²) in [5.41, 5.74) is 2.47. The number of fused-ring (bicyclic) bond motifs is 1. The van der Waals surface area contributed by atoms with Crippen molar-refractivity contribution in [2.75, 3.05) is 5.32 Å². The van der Waals surface area contributed by atoms with Gasteiger partial charge in [0.25, 0.3) is 0 Å². The van der Waals surface area contributed by atoms with Gasteiger partial charge in [-0.1, -0.05) is 24.3 Å². The summed E-state index contributed by atoms with van der Waals surface area (Å²) < 4.78 is 0. The van der Waals surface area contributed by atoms with Crippen molar-refractivity contribution in [2.45, 2.75) is 25.4 Å². The summed E-state index contributed by atoms with van der Waals surface area (Å²) in [6.07, 6.45) is 4.04. The number of nitrogens with zero attached hydrogens (tertiary/aromatic N) is 2. The number of hydrogen-bond donors (Lipinski definition) is 2. The number of carbonyl (C=O) groups excluding carboxylic acids is 1. The molecular weight excluding hydrogens is 252 g/mol. The van der Waals surface area contributed by atoms with E-state index in [4.69, 9.17) is 0 Å². The van der Waals surface area contributed by atoms with Crippen molar-refractivity contribution >= 4 is 11.7 Å². The van der Waals surface area contributed by atoms with Crippen molar-refractivity contribution in [1.82, 2.24) is 15.3 Å². The number of aromatic nitrogens is 2. The first-order valence-electron chi connectivity index (χ1n) is 6.61. The molecule has 0 saturated carbocycles. The first-order chi connectivity index (χ1) is 9.74. The lowest BCUT2D eigenvalue weighted by molar-refractivity contribution is -0.119. The van der Waals surface area contributed by atoms with Gasteiger partial charge in [-0.2, -0.15) is 0 Å². The second kappa shape index (κ2) is 5.28. The quantitative estimate of drug-likeness (QED) is 0.889. The Bertz CT molecular complexity index is 614. The van der Waals surface area contributed by atoms with Gasteiger partial charge in [-0.05, 0) is 23.6 Å². The molecule has 5 heteroatoms. The lowest BCUT2D eigenvalue weighted by Crippen LogP contribution is -2.39. The van der Waals surface area contributed by atoms with Crippen LogP contribution in [0.5, 0.6) is 0 Å². The lowest BCUT2D eigenvalue weighted by Gasteiger charge is -2.22. The van der Waals surface area contributed by atoms with E-state index < -0.39 is 0 Å². The Morgan fingerprint density at radius 1 is 1.30 bits per heavy atom. The molecule has 1 aromatic heterocycles. The van der Waals surface area contributed by atoms with E-state index in [1.54, 1.807) is 13.1 Å². The predicted octanol–water partition coefficient (Wildman–Crippen LogP) is 1.69. The molecule has 0 fully saturated rings. The van der Waals surface area contributed by atoms with E-state index in [9.17, 15) is 4.79 Å². The number of benzene rings is 1. The molecule has 2 N–H and O–H groups in total. The fourth-order valence-electron chi connectivity index (χ4n) is 2.70. The number of nitrogens with one attached hydrogen (secondary N) is 2. The molecule has 102 valence electrons. The maximum absolute atomic E-state index is 11.4. The first-order valence-corrected chi connectivity index (χ1v) is 6.61. The Morgan fingerprint density at radius 3 is 2.90 bits per heavy atom. The van der Waals surface area contributed by atoms with Crippen molar-refractivity contribution < 1.29 is 4.79 Å². The Morgan fingerprint density at radius 2 is 2.15 bits per heavy atom. The normalized spacial score (nSPS) is 20.2. The molecule has 2 aromatic rings. The highest BCUT2D eigenvalue weighted by Crippen LogP contribution is 2.33. The number of hydrogen-bond acceptors (Lipinski definition) is 4. The van der Waals surface area contributed by atoms with E-state index in [-0.39, 0.29) is 18.0 Å². The highest BCUT2D eigenvalue weighted by molar-refractivity contribution is 5.73. The Labute approximate surface area is 117 Å². The van der Waals surface area contributed by atoms with Crippen molar-refractivity contribution in [1.29, 1.82) is 0 Å². The van der Waals surface area contributed by atoms with Gasteiger partial charge in [0.1, 0.15) is 12.1 Å². The van der Waals surface area contributed by atoms with Crippen LogP contribution in [-0.2, 0) is 11.2 Å². The van der Waals surface area contributed by atoms with E-state index in [1.807, 2.05) is 18.2 Å². The van der Waals surface area contributed by atoms with Crippen molar-refractivity contribution in [3.8, 4) is 0 Å². The van der Waals surface area contributed by atoms with Crippen LogP contribution in [0.1, 0.15) is 24.1 Å². The topological polar surface area (TPSA) is 66.9 Å². The summed E-state index contributed by atoms with van der Waals surface area (Å²) in [6.45, 7) is 1.55. The monoisotopic (exact) mass is 268 g/mol. The van der Waals surface area contributed by atoms with Crippen LogP contribution in [-0.4, -0.2) is 21.9 Å². The molecule has 20 heavy (non-hydrogen) atoms. The van der Waals surface area contributed by atoms with Gasteiger partial charge in [0, 0.05) is 13.1 Å². The van der Waals surface area contributed by atoms with Crippen LogP contribution in [0.3, 0.4) is 0 Å². The fourth-order valence-corrected chi connectivity index (χ4v) is 2.70. The zero-order valence-corrected chi connectivity index (χ0v) is 11.2. The third-order valence-electron chi connectivity index (χ3n) is 3.51. The van der Waals surface area contributed by atoms with Gasteiger partial charge in [0.2, 0.25) is 5.91 Å². The minimum Gasteiger partial charge on any atom is -0.361 e. The minimum atomic E-state index is -0.0164. The smallest absolute Gasteiger partial charge is 0.217 e. The van der Waals surface area contributed by atoms with E-state index in [0.717, 1.165) is 12.2 Å². The predicted molar refractivity (Wildman–Crippen MR) is 76.1 cm³/mol. The molecule has 1 amide bonds. The molecule has 1 aliphatic carbocycles. The van der Waals surface area contributed by atoms with Crippen LogP contribution >= 0.6 is 0 Å². The number of rotatable bonds is 3. The van der Waals surface area contributed by atoms with Crippen molar-refractivity contribution in [3.05, 3.63) is 54.0 Å². The zero-order chi connectivity index (χ0) is 13.9. The first kappa shape index (κ1) is 12.6. The fraction of sp³-hybridized carbons (Fsp3) is 0.267. The molecule has 1 aromatic carbocycles. The highest BCUT2D eigenvalue weighted by Gasteiger charge is 2.32. The number of anilines is 1. The molecule has 0 radical (unpaired) electrons. The SMILES string of the molecule is CC(=O)N[C@@H]1Cc2ccccc2[C@H]1Nc1ccncn1. The Kier molecular flexibility index (Phi) is 3.33. The average Bonchev–Trinajstić information content (AvgIpc) is 2.77. The van der Waals surface area contributed by atoms with Crippen LogP contribution in [0.2, 0.25) is 0 Å². The van der Waals surface area contributed by atoms with Crippen LogP contribution < -0.4 is 10.6 Å². The third kappa shape index (κ3) is 2.47. The summed E-state index contributed by atoms with van der Waals surface area (Å²) in [5.74, 6) is 0.745. The molecule has 1 aliphatic rings. The molecule has 3 rings (SSSR count). The summed E-state index contributed by atoms with van der Waals surface area (Å²) in [6, 6.07) is 10.1. The molecule has 0 unspecified atom stereocenters. The van der Waals surface area contributed by atoms with Crippen molar-refractivity contribution in [3.63, 3.8) is 0 Å². The van der Waals surface area contributed by atoms with E-state index in [1.165, 1.54) is 17.5 Å². The summed E-state index contributed by atoms with van der Waals surface area (Å²) in [7, 11) is 0. The van der Waals surface area contributed by atoms with E-state index >= 15 is 0 Å². The lowest BCUT2D eigenvalue weighted by atomic mass is 10.1. The second-order valence-electron chi connectivity index (χ2n) is 4.93. The highest BCUT2D eigenvalue weighted by atomic mass is 16.1. The van der Waals surface area contributed by atoms with E-state index in [0.29, 0.717) is 0 Å². The van der Waals surface area contributed by atoms with Gasteiger partial charge in [0.05, 0.1) is 12.1 Å². The van der Waals surface area contributed by atoms with Gasteiger partial charge in [-0.15, -0.1) is 0 Å². The number of carbonyl (C=O) groups is 1. The molecule has 5 nitrogen and oxygen atoms in total. The van der Waals surface area contributed by atoms with Gasteiger partial charge in [0.15, 0.2) is 0 Å². The van der Waals surface area contributed by atoms with Gasteiger partial charge in [-0.25, -0.2) is 9.97 Å². The van der Waals surface area contributed by atoms with Crippen LogP contribution in [0.4, 0.5) is 5.82 Å². The standard InChI is InChI=1S/C15H16N4O/c1-10(20)18-13-8-11-4-2-3-5-12(11)15(13)19-14-6-7-16-9-17-14/h2-7,9,13,15H,8H2,1H3,(H,18,20)(H,16,17,19)/t13-,15-/m1/s1. The van der Waals surface area contributed by atoms with E-state index in [2.05, 4.69) is 32.7 Å². The molecule has 0 spiro atoms. The molecule has 0 aliphatic heterocycles. The molecular formula is C15H16N4O. The molecule has 0 saturated heterocycles. The molecule has 2 atom stereocenters. The van der Waals surface area contributed by atoms with Gasteiger partial charge in [-0.3, -0.25) is 4.79 Å². The van der Waals surface area contributed by atoms with Crippen LogP contribution in [0, 0.1) is 0 Å². The summed E-state index contributed by atoms with van der Waals surface area (Å²) in [4.78, 5) is 19.5. The van der Waals surface area contributed by atoms with Crippen molar-refractivity contribution in [2.24, 2.45) is 0 Å². The average molecular weight is 268 g/mol. The van der Waals surface area contributed by atoms with Gasteiger partial charge >= 0.3 is 0 Å². The third-order valence-corrected chi connectivity index (χ3v) is 3.51. The Balaban J connectivity index is 1.89. The summed E-state index contributed by atoms with van der Waals surface area (Å²) in [5, 5.41) is 6.40. The minimum absolute atomic E-state index is 0.0164. The Hall–Kier alpha value is -2.43. The maximum Gasteiger partial charge on any atom is 0.217 e. The molecule has 1 heterocycles. The van der Waals surface area contributed by atoms with Crippen LogP contribution in [0.15, 0.2) is 42.9 Å². The maximum atomic E-state index is 11.4. The second-order valence-corrected chi connectivity index (χ2v) is 4.93. The molecule has 0 bridgehead atoms. The van der Waals surface area contributed by atoms with Crippen LogP contribution in [0.25, 0.3) is 0 Å².